The SMILES string of the molecule is CCO[C@H](C)COS(=O)(=O)c1ccc(C)cc1. The van der Waals surface area contributed by atoms with E-state index in [4.69, 9.17) is 8.92 Å². The molecular weight excluding hydrogens is 240 g/mol. The molecular formula is C12H18O4S. The summed E-state index contributed by atoms with van der Waals surface area (Å²) in [5.74, 6) is 0. The Labute approximate surface area is 103 Å². The third kappa shape index (κ3) is 4.46. The fourth-order valence-electron chi connectivity index (χ4n) is 1.29. The molecule has 0 spiro atoms. The lowest BCUT2D eigenvalue weighted by Crippen LogP contribution is -2.19. The van der Waals surface area contributed by atoms with Gasteiger partial charge in [-0.25, -0.2) is 0 Å². The maximum absolute atomic E-state index is 11.8. The number of ether oxygens (including phenoxy) is 1. The lowest BCUT2D eigenvalue weighted by atomic mass is 10.2. The zero-order chi connectivity index (χ0) is 12.9. The van der Waals surface area contributed by atoms with Crippen LogP contribution in [0.3, 0.4) is 0 Å². The molecule has 0 aliphatic carbocycles. The van der Waals surface area contributed by atoms with Gasteiger partial charge in [0, 0.05) is 6.61 Å². The van der Waals surface area contributed by atoms with Crippen LogP contribution in [-0.2, 0) is 19.0 Å². The van der Waals surface area contributed by atoms with Gasteiger partial charge >= 0.3 is 0 Å². The Hall–Kier alpha value is -0.910. The summed E-state index contributed by atoms with van der Waals surface area (Å²) < 4.78 is 33.7. The molecule has 0 saturated heterocycles. The molecule has 0 aliphatic heterocycles. The quantitative estimate of drug-likeness (QED) is 0.733. The molecule has 0 unspecified atom stereocenters. The molecule has 0 aliphatic rings. The van der Waals surface area contributed by atoms with Crippen molar-refractivity contribution < 1.29 is 17.3 Å². The molecule has 0 saturated carbocycles. The molecule has 1 aromatic carbocycles. The summed E-state index contributed by atoms with van der Waals surface area (Å²) in [6.07, 6.45) is -0.236. The van der Waals surface area contributed by atoms with Crippen LogP contribution in [0.25, 0.3) is 0 Å². The van der Waals surface area contributed by atoms with Gasteiger partial charge in [0.05, 0.1) is 17.6 Å². The average Bonchev–Trinajstić information content (AvgIpc) is 2.28. The Bertz CT molecular complexity index is 436. The van der Waals surface area contributed by atoms with Gasteiger partial charge in [0.15, 0.2) is 0 Å². The van der Waals surface area contributed by atoms with Gasteiger partial charge in [0.1, 0.15) is 0 Å². The highest BCUT2D eigenvalue weighted by Gasteiger charge is 2.16. The monoisotopic (exact) mass is 258 g/mol. The Morgan fingerprint density at radius 2 is 1.82 bits per heavy atom. The van der Waals surface area contributed by atoms with Crippen molar-refractivity contribution in [1.29, 1.82) is 0 Å². The van der Waals surface area contributed by atoms with E-state index in [0.717, 1.165) is 5.56 Å². The van der Waals surface area contributed by atoms with E-state index in [1.807, 2.05) is 13.8 Å². The zero-order valence-electron chi connectivity index (χ0n) is 10.3. The van der Waals surface area contributed by atoms with Crippen molar-refractivity contribution in [2.75, 3.05) is 13.2 Å². The molecule has 4 nitrogen and oxygen atoms in total. The lowest BCUT2D eigenvalue weighted by Gasteiger charge is -2.12. The van der Waals surface area contributed by atoms with Crippen molar-refractivity contribution in [3.05, 3.63) is 29.8 Å². The van der Waals surface area contributed by atoms with Gasteiger partial charge in [0.25, 0.3) is 10.1 Å². The highest BCUT2D eigenvalue weighted by atomic mass is 32.2. The fraction of sp³-hybridized carbons (Fsp3) is 0.500. The third-order valence-corrected chi connectivity index (χ3v) is 3.51. The fourth-order valence-corrected chi connectivity index (χ4v) is 2.27. The van der Waals surface area contributed by atoms with E-state index in [0.29, 0.717) is 6.61 Å². The van der Waals surface area contributed by atoms with Crippen LogP contribution in [0.1, 0.15) is 19.4 Å². The van der Waals surface area contributed by atoms with E-state index < -0.39 is 10.1 Å². The molecule has 0 heterocycles. The molecule has 0 radical (unpaired) electrons. The number of hydrogen-bond donors (Lipinski definition) is 0. The predicted octanol–water partition coefficient (Wildman–Crippen LogP) is 2.13. The van der Waals surface area contributed by atoms with Crippen molar-refractivity contribution >= 4 is 10.1 Å². The minimum atomic E-state index is -3.67. The van der Waals surface area contributed by atoms with Crippen LogP contribution < -0.4 is 0 Å². The maximum Gasteiger partial charge on any atom is 0.297 e. The number of hydrogen-bond acceptors (Lipinski definition) is 4. The molecule has 0 bridgehead atoms. The maximum atomic E-state index is 11.8. The summed E-state index contributed by atoms with van der Waals surface area (Å²) in [5, 5.41) is 0. The molecule has 1 aromatic rings. The standard InChI is InChI=1S/C12H18O4S/c1-4-15-11(3)9-16-17(13,14)12-7-5-10(2)6-8-12/h5-8,11H,4,9H2,1-3H3/t11-/m1/s1. The van der Waals surface area contributed by atoms with E-state index in [9.17, 15) is 8.42 Å². The van der Waals surface area contributed by atoms with E-state index >= 15 is 0 Å². The Morgan fingerprint density at radius 3 is 2.35 bits per heavy atom. The molecule has 0 aromatic heterocycles. The van der Waals surface area contributed by atoms with E-state index in [1.54, 1.807) is 19.1 Å². The second kappa shape index (κ2) is 6.14. The summed E-state index contributed by atoms with van der Waals surface area (Å²) in [4.78, 5) is 0.173. The molecule has 0 amide bonds. The van der Waals surface area contributed by atoms with Crippen LogP contribution in [0, 0.1) is 6.92 Å². The zero-order valence-corrected chi connectivity index (χ0v) is 11.2. The molecule has 17 heavy (non-hydrogen) atoms. The molecule has 96 valence electrons. The van der Waals surface area contributed by atoms with Gasteiger partial charge in [-0.2, -0.15) is 8.42 Å². The van der Waals surface area contributed by atoms with Crippen molar-refractivity contribution in [3.8, 4) is 0 Å². The first-order chi connectivity index (χ1) is 7.95. The number of aryl methyl sites for hydroxylation is 1. The Kier molecular flexibility index (Phi) is 5.11. The summed E-state index contributed by atoms with van der Waals surface area (Å²) in [6, 6.07) is 6.55. The topological polar surface area (TPSA) is 52.6 Å². The van der Waals surface area contributed by atoms with Crippen LogP contribution in [-0.4, -0.2) is 27.7 Å². The first kappa shape index (κ1) is 14.2. The van der Waals surface area contributed by atoms with Gasteiger partial charge in [-0.3, -0.25) is 4.18 Å². The second-order valence-corrected chi connectivity index (χ2v) is 5.43. The van der Waals surface area contributed by atoms with Crippen molar-refractivity contribution in [2.45, 2.75) is 31.8 Å². The van der Waals surface area contributed by atoms with Crippen molar-refractivity contribution in [2.24, 2.45) is 0 Å². The summed E-state index contributed by atoms with van der Waals surface area (Å²) in [7, 11) is -3.67. The Morgan fingerprint density at radius 1 is 1.24 bits per heavy atom. The lowest BCUT2D eigenvalue weighted by molar-refractivity contribution is 0.0420. The molecule has 1 atom stereocenters. The number of rotatable bonds is 6. The van der Waals surface area contributed by atoms with Gasteiger partial charge in [-0.1, -0.05) is 17.7 Å². The smallest absolute Gasteiger partial charge is 0.297 e. The van der Waals surface area contributed by atoms with Crippen LogP contribution in [0.15, 0.2) is 29.2 Å². The third-order valence-electron chi connectivity index (χ3n) is 2.22. The largest absolute Gasteiger partial charge is 0.376 e. The number of benzene rings is 1. The normalized spacial score (nSPS) is 13.6. The van der Waals surface area contributed by atoms with Crippen molar-refractivity contribution in [3.63, 3.8) is 0 Å². The molecule has 1 rings (SSSR count). The minimum Gasteiger partial charge on any atom is -0.376 e. The van der Waals surface area contributed by atoms with Gasteiger partial charge < -0.3 is 4.74 Å². The molecule has 0 N–H and O–H groups in total. The van der Waals surface area contributed by atoms with Crippen LogP contribution >= 0.6 is 0 Å². The van der Waals surface area contributed by atoms with E-state index in [-0.39, 0.29) is 17.6 Å². The molecule has 0 fully saturated rings. The predicted molar refractivity (Wildman–Crippen MR) is 65.4 cm³/mol. The second-order valence-electron chi connectivity index (χ2n) is 3.82. The van der Waals surface area contributed by atoms with Crippen molar-refractivity contribution in [1.82, 2.24) is 0 Å². The molecule has 5 heteroatoms. The summed E-state index contributed by atoms with van der Waals surface area (Å²) in [5.41, 5.74) is 1.01. The first-order valence-electron chi connectivity index (χ1n) is 5.53. The van der Waals surface area contributed by atoms with E-state index in [1.165, 1.54) is 12.1 Å². The van der Waals surface area contributed by atoms with Gasteiger partial charge in [-0.15, -0.1) is 0 Å². The van der Waals surface area contributed by atoms with Crippen LogP contribution in [0.5, 0.6) is 0 Å². The minimum absolute atomic E-state index is 0.0318. The summed E-state index contributed by atoms with van der Waals surface area (Å²) in [6.45, 7) is 6.09. The summed E-state index contributed by atoms with van der Waals surface area (Å²) >= 11 is 0. The van der Waals surface area contributed by atoms with Gasteiger partial charge in [0.2, 0.25) is 0 Å². The Balaban J connectivity index is 2.66. The van der Waals surface area contributed by atoms with Crippen LogP contribution in [0.4, 0.5) is 0 Å². The highest BCUT2D eigenvalue weighted by Crippen LogP contribution is 2.13. The van der Waals surface area contributed by atoms with Crippen LogP contribution in [0.2, 0.25) is 0 Å². The average molecular weight is 258 g/mol. The first-order valence-corrected chi connectivity index (χ1v) is 6.94. The van der Waals surface area contributed by atoms with Gasteiger partial charge in [-0.05, 0) is 32.9 Å². The highest BCUT2D eigenvalue weighted by molar-refractivity contribution is 7.86. The van der Waals surface area contributed by atoms with E-state index in [2.05, 4.69) is 0 Å².